The molecule has 1 atom stereocenters. The van der Waals surface area contributed by atoms with Crippen LogP contribution in [0.25, 0.3) is 5.78 Å². The lowest BCUT2D eigenvalue weighted by Crippen LogP contribution is -2.26. The van der Waals surface area contributed by atoms with Gasteiger partial charge < -0.3 is 9.42 Å². The van der Waals surface area contributed by atoms with Crippen LogP contribution >= 0.6 is 0 Å². The lowest BCUT2D eigenvalue weighted by molar-refractivity contribution is -0.141. The molecule has 1 saturated heterocycles. The van der Waals surface area contributed by atoms with Gasteiger partial charge in [0.25, 0.3) is 5.78 Å². The predicted molar refractivity (Wildman–Crippen MR) is 76.3 cm³/mol. The smallest absolute Gasteiger partial charge is 0.361 e. The fourth-order valence-corrected chi connectivity index (χ4v) is 3.04. The molecule has 3 aromatic rings. The van der Waals surface area contributed by atoms with Crippen molar-refractivity contribution in [3.8, 4) is 0 Å². The molecule has 0 radical (unpaired) electrons. The van der Waals surface area contributed by atoms with Crippen molar-refractivity contribution in [2.24, 2.45) is 0 Å². The van der Waals surface area contributed by atoms with Crippen LogP contribution in [-0.4, -0.2) is 31.3 Å². The molecule has 0 aliphatic carbocycles. The molecular weight excluding hydrogens is 325 g/mol. The Hall–Kier alpha value is -2.65. The van der Waals surface area contributed by atoms with Crippen LogP contribution in [0.5, 0.6) is 0 Å². The van der Waals surface area contributed by atoms with Crippen molar-refractivity contribution in [1.29, 1.82) is 0 Å². The molecule has 0 aromatic carbocycles. The monoisotopic (exact) mass is 338 g/mol. The van der Waals surface area contributed by atoms with Crippen molar-refractivity contribution < 1.29 is 17.7 Å². The van der Waals surface area contributed by atoms with Crippen LogP contribution in [0.3, 0.4) is 0 Å². The van der Waals surface area contributed by atoms with E-state index >= 15 is 0 Å². The summed E-state index contributed by atoms with van der Waals surface area (Å²) < 4.78 is 45.9. The summed E-state index contributed by atoms with van der Waals surface area (Å²) in [5.74, 6) is 0.878. The number of hydrogen-bond acceptors (Lipinski definition) is 6. The summed E-state index contributed by atoms with van der Waals surface area (Å²) in [6.45, 7) is 2.37. The summed E-state index contributed by atoms with van der Waals surface area (Å²) in [7, 11) is 0. The van der Waals surface area contributed by atoms with Gasteiger partial charge in [-0.25, -0.2) is 4.98 Å². The van der Waals surface area contributed by atoms with E-state index in [1.165, 1.54) is 10.8 Å². The van der Waals surface area contributed by atoms with E-state index in [0.29, 0.717) is 23.8 Å². The van der Waals surface area contributed by atoms with Crippen molar-refractivity contribution in [2.75, 3.05) is 11.4 Å². The average molecular weight is 338 g/mol. The third kappa shape index (κ3) is 2.38. The van der Waals surface area contributed by atoms with E-state index in [4.69, 9.17) is 4.52 Å². The number of alkyl halides is 3. The zero-order chi connectivity index (χ0) is 16.9. The van der Waals surface area contributed by atoms with E-state index < -0.39 is 11.9 Å². The van der Waals surface area contributed by atoms with Gasteiger partial charge >= 0.3 is 6.18 Å². The normalized spacial score (nSPS) is 18.7. The first-order chi connectivity index (χ1) is 11.4. The molecular formula is C14H13F3N6O. The highest BCUT2D eigenvalue weighted by Crippen LogP contribution is 2.38. The molecule has 0 unspecified atom stereocenters. The maximum absolute atomic E-state index is 13.1. The van der Waals surface area contributed by atoms with Crippen molar-refractivity contribution in [3.05, 3.63) is 35.6 Å². The van der Waals surface area contributed by atoms with Crippen LogP contribution in [0.4, 0.5) is 19.0 Å². The second-order valence-corrected chi connectivity index (χ2v) is 5.68. The van der Waals surface area contributed by atoms with Gasteiger partial charge in [-0.1, -0.05) is 5.16 Å². The highest BCUT2D eigenvalue weighted by atomic mass is 19.4. The van der Waals surface area contributed by atoms with Crippen LogP contribution < -0.4 is 4.90 Å². The van der Waals surface area contributed by atoms with Crippen LogP contribution in [0.1, 0.15) is 36.0 Å². The summed E-state index contributed by atoms with van der Waals surface area (Å²) in [5.41, 5.74) is -0.288. The summed E-state index contributed by atoms with van der Waals surface area (Å²) in [6.07, 6.45) is -1.76. The van der Waals surface area contributed by atoms with Crippen LogP contribution in [0, 0.1) is 6.92 Å². The molecule has 3 aromatic heterocycles. The maximum atomic E-state index is 13.1. The van der Waals surface area contributed by atoms with Gasteiger partial charge in [0, 0.05) is 18.7 Å². The molecule has 0 bridgehead atoms. The number of hydrogen-bond donors (Lipinski definition) is 0. The van der Waals surface area contributed by atoms with Crippen molar-refractivity contribution in [1.82, 2.24) is 24.7 Å². The SMILES string of the molecule is Cc1cc([C@H]2CCCN2c2cc(C(F)(F)F)nc3ncnn23)no1. The first-order valence-electron chi connectivity index (χ1n) is 7.41. The molecule has 0 spiro atoms. The van der Waals surface area contributed by atoms with Crippen molar-refractivity contribution in [3.63, 3.8) is 0 Å². The third-order valence-corrected chi connectivity index (χ3v) is 4.06. The Morgan fingerprint density at radius 3 is 2.83 bits per heavy atom. The number of aromatic nitrogens is 5. The Bertz CT molecular complexity index is 886. The molecule has 126 valence electrons. The van der Waals surface area contributed by atoms with Gasteiger partial charge in [-0.3, -0.25) is 0 Å². The molecule has 10 heteroatoms. The van der Waals surface area contributed by atoms with Crippen molar-refractivity contribution in [2.45, 2.75) is 32.0 Å². The zero-order valence-electron chi connectivity index (χ0n) is 12.7. The standard InChI is InChI=1S/C14H13F3N6O/c1-8-5-9(21-24-8)10-3-2-4-22(10)12-6-11(14(15,16)17)20-13-18-7-19-23(12)13/h5-7,10H,2-4H2,1H3/t10-/m1/s1. The van der Waals surface area contributed by atoms with E-state index in [1.807, 2.05) is 4.90 Å². The first-order valence-corrected chi connectivity index (χ1v) is 7.41. The number of anilines is 1. The van der Waals surface area contributed by atoms with Gasteiger partial charge in [0.1, 0.15) is 23.6 Å². The van der Waals surface area contributed by atoms with Gasteiger partial charge in [-0.15, -0.1) is 0 Å². The van der Waals surface area contributed by atoms with Crippen LogP contribution in [-0.2, 0) is 6.18 Å². The van der Waals surface area contributed by atoms with Crippen molar-refractivity contribution >= 4 is 11.6 Å². The topological polar surface area (TPSA) is 72.4 Å². The fraction of sp³-hybridized carbons (Fsp3) is 0.429. The lowest BCUT2D eigenvalue weighted by Gasteiger charge is -2.25. The lowest BCUT2D eigenvalue weighted by atomic mass is 10.1. The quantitative estimate of drug-likeness (QED) is 0.715. The first kappa shape index (κ1) is 14.9. The molecule has 4 heterocycles. The largest absolute Gasteiger partial charge is 0.433 e. The van der Waals surface area contributed by atoms with E-state index in [1.54, 1.807) is 13.0 Å². The van der Waals surface area contributed by atoms with Gasteiger partial charge in [0.05, 0.1) is 6.04 Å². The number of rotatable bonds is 2. The average Bonchev–Trinajstić information content (AvgIpc) is 3.24. The minimum atomic E-state index is -4.55. The Kier molecular flexibility index (Phi) is 3.22. The number of fused-ring (bicyclic) bond motifs is 1. The fourth-order valence-electron chi connectivity index (χ4n) is 3.04. The van der Waals surface area contributed by atoms with Gasteiger partial charge in [-0.05, 0) is 19.8 Å². The summed E-state index contributed by atoms with van der Waals surface area (Å²) in [4.78, 5) is 9.19. The Morgan fingerprint density at radius 1 is 1.29 bits per heavy atom. The summed E-state index contributed by atoms with van der Waals surface area (Å²) in [5, 5.41) is 8.02. The zero-order valence-corrected chi connectivity index (χ0v) is 12.7. The highest BCUT2D eigenvalue weighted by molar-refractivity contribution is 5.50. The van der Waals surface area contributed by atoms with E-state index in [9.17, 15) is 13.2 Å². The molecule has 7 nitrogen and oxygen atoms in total. The minimum absolute atomic E-state index is 0.0817. The third-order valence-electron chi connectivity index (χ3n) is 4.06. The predicted octanol–water partition coefficient (Wildman–Crippen LogP) is 2.78. The Morgan fingerprint density at radius 2 is 2.12 bits per heavy atom. The van der Waals surface area contributed by atoms with Gasteiger partial charge in [0.2, 0.25) is 0 Å². The Labute approximate surface area is 134 Å². The Balaban J connectivity index is 1.84. The number of aryl methyl sites for hydroxylation is 1. The van der Waals surface area contributed by atoms with Gasteiger partial charge in [-0.2, -0.15) is 27.8 Å². The molecule has 0 saturated carbocycles. The minimum Gasteiger partial charge on any atom is -0.361 e. The molecule has 0 N–H and O–H groups in total. The molecule has 4 rings (SSSR count). The second-order valence-electron chi connectivity index (χ2n) is 5.68. The number of nitrogens with zero attached hydrogens (tertiary/aromatic N) is 6. The van der Waals surface area contributed by atoms with Gasteiger partial charge in [0.15, 0.2) is 5.69 Å². The summed E-state index contributed by atoms with van der Waals surface area (Å²) >= 11 is 0. The molecule has 0 amide bonds. The summed E-state index contributed by atoms with van der Waals surface area (Å²) in [6, 6.07) is 2.64. The molecule has 24 heavy (non-hydrogen) atoms. The van der Waals surface area contributed by atoms with E-state index in [0.717, 1.165) is 18.9 Å². The molecule has 1 fully saturated rings. The van der Waals surface area contributed by atoms with Crippen LogP contribution in [0.15, 0.2) is 23.0 Å². The molecule has 1 aliphatic rings. The molecule has 1 aliphatic heterocycles. The van der Waals surface area contributed by atoms with E-state index in [-0.39, 0.29) is 11.8 Å². The number of halogens is 3. The van der Waals surface area contributed by atoms with Crippen LogP contribution in [0.2, 0.25) is 0 Å². The highest BCUT2D eigenvalue weighted by Gasteiger charge is 2.37. The van der Waals surface area contributed by atoms with E-state index in [2.05, 4.69) is 20.2 Å². The maximum Gasteiger partial charge on any atom is 0.433 e. The second kappa shape index (κ2) is 5.18.